The van der Waals surface area contributed by atoms with Crippen LogP contribution in [0.15, 0.2) is 0 Å². The number of fused-ring (bicyclic) bond motifs is 1. The SMILES string of the molecule is CN(C(=O)C1CC2CC2C1)C1CCC2(CC1)OCCO2. The summed E-state index contributed by atoms with van der Waals surface area (Å²) in [7, 11) is 2.01. The van der Waals surface area contributed by atoms with Crippen molar-refractivity contribution in [3.8, 4) is 0 Å². The van der Waals surface area contributed by atoms with Crippen LogP contribution in [0, 0.1) is 17.8 Å². The molecule has 1 heterocycles. The molecule has 3 saturated carbocycles. The maximum atomic E-state index is 12.6. The van der Waals surface area contributed by atoms with Crippen molar-refractivity contribution in [3.63, 3.8) is 0 Å². The lowest BCUT2D eigenvalue weighted by atomic mass is 9.88. The van der Waals surface area contributed by atoms with Crippen LogP contribution in [0.25, 0.3) is 0 Å². The number of carbonyl (C=O) groups is 1. The molecule has 2 atom stereocenters. The average molecular weight is 279 g/mol. The molecule has 4 aliphatic rings. The highest BCUT2D eigenvalue weighted by atomic mass is 16.7. The van der Waals surface area contributed by atoms with Crippen LogP contribution in [0.4, 0.5) is 0 Å². The molecule has 20 heavy (non-hydrogen) atoms. The first-order valence-corrected chi connectivity index (χ1v) is 8.21. The standard InChI is InChI=1S/C16H25NO3/c1-17(15(18)13-9-11-8-12(11)10-13)14-2-4-16(5-3-14)19-6-7-20-16/h11-14H,2-10H2,1H3. The molecule has 1 saturated heterocycles. The summed E-state index contributed by atoms with van der Waals surface area (Å²) in [6.45, 7) is 1.45. The van der Waals surface area contributed by atoms with Gasteiger partial charge in [0.15, 0.2) is 5.79 Å². The van der Waals surface area contributed by atoms with E-state index < -0.39 is 0 Å². The molecule has 4 nitrogen and oxygen atoms in total. The smallest absolute Gasteiger partial charge is 0.225 e. The summed E-state index contributed by atoms with van der Waals surface area (Å²) >= 11 is 0. The van der Waals surface area contributed by atoms with Crippen molar-refractivity contribution in [2.24, 2.45) is 17.8 Å². The molecular weight excluding hydrogens is 254 g/mol. The summed E-state index contributed by atoms with van der Waals surface area (Å²) in [4.78, 5) is 14.6. The van der Waals surface area contributed by atoms with Crippen LogP contribution in [-0.4, -0.2) is 42.9 Å². The maximum Gasteiger partial charge on any atom is 0.225 e. The largest absolute Gasteiger partial charge is 0.348 e. The number of ether oxygens (including phenoxy) is 2. The molecule has 3 aliphatic carbocycles. The number of rotatable bonds is 2. The zero-order valence-electron chi connectivity index (χ0n) is 12.3. The van der Waals surface area contributed by atoms with Crippen molar-refractivity contribution in [2.75, 3.05) is 20.3 Å². The second-order valence-corrected chi connectivity index (χ2v) is 7.21. The second kappa shape index (κ2) is 4.70. The van der Waals surface area contributed by atoms with Gasteiger partial charge in [-0.25, -0.2) is 0 Å². The van der Waals surface area contributed by atoms with Gasteiger partial charge >= 0.3 is 0 Å². The van der Waals surface area contributed by atoms with Crippen LogP contribution in [-0.2, 0) is 14.3 Å². The van der Waals surface area contributed by atoms with Crippen LogP contribution in [0.1, 0.15) is 44.9 Å². The van der Waals surface area contributed by atoms with E-state index in [1.54, 1.807) is 0 Å². The Labute approximate surface area is 120 Å². The van der Waals surface area contributed by atoms with E-state index in [1.807, 2.05) is 11.9 Å². The monoisotopic (exact) mass is 279 g/mol. The van der Waals surface area contributed by atoms with Gasteiger partial charge in [-0.1, -0.05) is 0 Å². The summed E-state index contributed by atoms with van der Waals surface area (Å²) in [5.41, 5.74) is 0. The van der Waals surface area contributed by atoms with Crippen LogP contribution in [0.3, 0.4) is 0 Å². The first-order chi connectivity index (χ1) is 9.67. The molecule has 4 rings (SSSR count). The van der Waals surface area contributed by atoms with Crippen molar-refractivity contribution in [1.29, 1.82) is 0 Å². The van der Waals surface area contributed by atoms with Gasteiger partial charge in [-0.3, -0.25) is 4.79 Å². The van der Waals surface area contributed by atoms with Gasteiger partial charge in [-0.05, 0) is 43.9 Å². The van der Waals surface area contributed by atoms with Crippen molar-refractivity contribution in [3.05, 3.63) is 0 Å². The van der Waals surface area contributed by atoms with Crippen molar-refractivity contribution < 1.29 is 14.3 Å². The van der Waals surface area contributed by atoms with Crippen molar-refractivity contribution in [1.82, 2.24) is 4.90 Å². The molecule has 0 aromatic carbocycles. The molecule has 112 valence electrons. The molecule has 4 heteroatoms. The number of hydrogen-bond donors (Lipinski definition) is 0. The van der Waals surface area contributed by atoms with E-state index in [4.69, 9.17) is 9.47 Å². The van der Waals surface area contributed by atoms with Crippen LogP contribution in [0.2, 0.25) is 0 Å². The molecule has 2 unspecified atom stereocenters. The van der Waals surface area contributed by atoms with Crippen molar-refractivity contribution in [2.45, 2.75) is 56.8 Å². The lowest BCUT2D eigenvalue weighted by Crippen LogP contribution is -2.46. The first-order valence-electron chi connectivity index (χ1n) is 8.21. The molecule has 0 aromatic heterocycles. The minimum atomic E-state index is -0.310. The third kappa shape index (κ3) is 2.17. The van der Waals surface area contributed by atoms with Crippen molar-refractivity contribution >= 4 is 5.91 Å². The quantitative estimate of drug-likeness (QED) is 0.777. The lowest BCUT2D eigenvalue weighted by Gasteiger charge is -2.39. The van der Waals surface area contributed by atoms with Crippen LogP contribution >= 0.6 is 0 Å². The Kier molecular flexibility index (Phi) is 3.08. The van der Waals surface area contributed by atoms with Crippen LogP contribution in [0.5, 0.6) is 0 Å². The molecule has 0 aromatic rings. The molecule has 4 fully saturated rings. The zero-order valence-corrected chi connectivity index (χ0v) is 12.3. The topological polar surface area (TPSA) is 38.8 Å². The highest BCUT2D eigenvalue weighted by Crippen LogP contribution is 2.54. The summed E-state index contributed by atoms with van der Waals surface area (Å²) < 4.78 is 11.5. The van der Waals surface area contributed by atoms with E-state index in [2.05, 4.69) is 0 Å². The Morgan fingerprint density at radius 2 is 1.65 bits per heavy atom. The Bertz CT molecular complexity index is 385. The van der Waals surface area contributed by atoms with Gasteiger partial charge in [0, 0.05) is 31.8 Å². The highest BCUT2D eigenvalue weighted by molar-refractivity contribution is 5.79. The number of hydrogen-bond acceptors (Lipinski definition) is 3. The lowest BCUT2D eigenvalue weighted by molar-refractivity contribution is -0.185. The molecule has 1 aliphatic heterocycles. The Hall–Kier alpha value is -0.610. The number of carbonyl (C=O) groups excluding carboxylic acids is 1. The van der Waals surface area contributed by atoms with Gasteiger partial charge in [-0.15, -0.1) is 0 Å². The summed E-state index contributed by atoms with van der Waals surface area (Å²) in [6, 6.07) is 0.387. The Morgan fingerprint density at radius 3 is 2.25 bits per heavy atom. The normalized spacial score (nSPS) is 39.0. The predicted octanol–water partition coefficient (Wildman–Crippen LogP) is 2.18. The minimum absolute atomic E-state index is 0.310. The van der Waals surface area contributed by atoms with E-state index >= 15 is 0 Å². The maximum absolute atomic E-state index is 12.6. The molecule has 0 radical (unpaired) electrons. The zero-order chi connectivity index (χ0) is 13.7. The van der Waals surface area contributed by atoms with E-state index in [-0.39, 0.29) is 5.79 Å². The van der Waals surface area contributed by atoms with Gasteiger partial charge in [-0.2, -0.15) is 0 Å². The number of nitrogens with zero attached hydrogens (tertiary/aromatic N) is 1. The predicted molar refractivity (Wildman–Crippen MR) is 74.0 cm³/mol. The fourth-order valence-electron chi connectivity index (χ4n) is 4.60. The fraction of sp³-hybridized carbons (Fsp3) is 0.938. The fourth-order valence-corrected chi connectivity index (χ4v) is 4.60. The summed E-state index contributed by atoms with van der Waals surface area (Å²) in [5, 5.41) is 0. The van der Waals surface area contributed by atoms with Crippen LogP contribution < -0.4 is 0 Å². The minimum Gasteiger partial charge on any atom is -0.348 e. The third-order valence-corrected chi connectivity index (χ3v) is 6.02. The van der Waals surface area contributed by atoms with E-state index in [9.17, 15) is 4.79 Å². The Balaban J connectivity index is 1.32. The molecule has 0 bridgehead atoms. The first kappa shape index (κ1) is 13.1. The molecule has 1 amide bonds. The molecule has 1 spiro atoms. The molecular formula is C16H25NO3. The summed E-state index contributed by atoms with van der Waals surface area (Å²) in [6.07, 6.45) is 7.58. The van der Waals surface area contributed by atoms with E-state index in [0.717, 1.165) is 63.6 Å². The van der Waals surface area contributed by atoms with E-state index in [1.165, 1.54) is 6.42 Å². The van der Waals surface area contributed by atoms with Gasteiger partial charge in [0.1, 0.15) is 0 Å². The third-order valence-electron chi connectivity index (χ3n) is 6.02. The average Bonchev–Trinajstić information content (AvgIpc) is 2.89. The Morgan fingerprint density at radius 1 is 1.05 bits per heavy atom. The van der Waals surface area contributed by atoms with Gasteiger partial charge in [0.25, 0.3) is 0 Å². The second-order valence-electron chi connectivity index (χ2n) is 7.21. The van der Waals surface area contributed by atoms with Gasteiger partial charge < -0.3 is 14.4 Å². The number of amides is 1. The van der Waals surface area contributed by atoms with E-state index in [0.29, 0.717) is 17.9 Å². The summed E-state index contributed by atoms with van der Waals surface area (Å²) in [5.74, 6) is 2.17. The van der Waals surface area contributed by atoms with Gasteiger partial charge in [0.05, 0.1) is 13.2 Å². The highest BCUT2D eigenvalue weighted by Gasteiger charge is 2.49. The van der Waals surface area contributed by atoms with Gasteiger partial charge in [0.2, 0.25) is 5.91 Å². The molecule has 0 N–H and O–H groups in total.